The molecule has 1 aromatic heterocycles. The van der Waals surface area contributed by atoms with Crippen LogP contribution in [0.2, 0.25) is 0 Å². The van der Waals surface area contributed by atoms with Gasteiger partial charge in [-0.2, -0.15) is 12.6 Å². The van der Waals surface area contributed by atoms with Gasteiger partial charge in [-0.15, -0.1) is 0 Å². The molecule has 15 heteroatoms. The van der Waals surface area contributed by atoms with Crippen LogP contribution in [0.5, 0.6) is 5.75 Å². The molecule has 14 nitrogen and oxygen atoms in total. The molecule has 37 heavy (non-hydrogen) atoms. The number of rotatable bonds is 14. The van der Waals surface area contributed by atoms with Gasteiger partial charge in [0.05, 0.1) is 18.8 Å². The van der Waals surface area contributed by atoms with Gasteiger partial charge in [-0.05, 0) is 17.7 Å². The third-order valence-electron chi connectivity index (χ3n) is 5.15. The highest BCUT2D eigenvalue weighted by molar-refractivity contribution is 7.80. The number of hydrogen-bond acceptors (Lipinski definition) is 9. The predicted molar refractivity (Wildman–Crippen MR) is 132 cm³/mol. The van der Waals surface area contributed by atoms with Gasteiger partial charge in [-0.3, -0.25) is 19.2 Å². The molecule has 0 bridgehead atoms. The number of carboxylic acids is 2. The van der Waals surface area contributed by atoms with E-state index in [4.69, 9.17) is 10.8 Å². The second kappa shape index (κ2) is 13.8. The van der Waals surface area contributed by atoms with Crippen LogP contribution in [0, 0.1) is 0 Å². The Labute approximate surface area is 216 Å². The molecule has 1 heterocycles. The van der Waals surface area contributed by atoms with Crippen LogP contribution in [0.4, 0.5) is 0 Å². The fraction of sp³-hybridized carbons (Fsp3) is 0.364. The Bertz CT molecular complexity index is 1100. The third-order valence-corrected chi connectivity index (χ3v) is 5.51. The van der Waals surface area contributed by atoms with Crippen LogP contribution in [-0.4, -0.2) is 84.9 Å². The van der Waals surface area contributed by atoms with Crippen LogP contribution in [0.1, 0.15) is 17.7 Å². The lowest BCUT2D eigenvalue weighted by atomic mass is 10.0. The number of thiol groups is 1. The fourth-order valence-corrected chi connectivity index (χ4v) is 3.45. The molecule has 2 rings (SSSR count). The molecule has 0 saturated heterocycles. The molecule has 1 aromatic carbocycles. The Morgan fingerprint density at radius 2 is 1.51 bits per heavy atom. The largest absolute Gasteiger partial charge is 0.508 e. The van der Waals surface area contributed by atoms with E-state index in [0.29, 0.717) is 11.3 Å². The number of aromatic nitrogens is 2. The van der Waals surface area contributed by atoms with Crippen LogP contribution in [0.15, 0.2) is 36.8 Å². The van der Waals surface area contributed by atoms with E-state index in [2.05, 4.69) is 38.5 Å². The highest BCUT2D eigenvalue weighted by atomic mass is 32.1. The van der Waals surface area contributed by atoms with E-state index in [0.717, 1.165) is 0 Å². The highest BCUT2D eigenvalue weighted by Gasteiger charge is 2.30. The number of carbonyl (C=O) groups is 5. The lowest BCUT2D eigenvalue weighted by molar-refractivity contribution is -0.142. The number of aliphatic carboxylic acids is 2. The predicted octanol–water partition coefficient (Wildman–Crippen LogP) is -1.83. The molecule has 0 fully saturated rings. The van der Waals surface area contributed by atoms with Crippen LogP contribution < -0.4 is 21.7 Å². The fourth-order valence-electron chi connectivity index (χ4n) is 3.19. The summed E-state index contributed by atoms with van der Waals surface area (Å²) in [5.41, 5.74) is 6.59. The normalized spacial score (nSPS) is 14.0. The molecule has 0 saturated carbocycles. The van der Waals surface area contributed by atoms with Crippen LogP contribution >= 0.6 is 12.6 Å². The van der Waals surface area contributed by atoms with Crippen LogP contribution in [0.25, 0.3) is 0 Å². The second-order valence-corrected chi connectivity index (χ2v) is 8.43. The maximum Gasteiger partial charge on any atom is 0.326 e. The van der Waals surface area contributed by atoms with E-state index in [1.54, 1.807) is 0 Å². The minimum Gasteiger partial charge on any atom is -0.508 e. The molecule has 0 radical (unpaired) electrons. The topological polar surface area (TPSA) is 237 Å². The highest BCUT2D eigenvalue weighted by Crippen LogP contribution is 2.12. The van der Waals surface area contributed by atoms with Gasteiger partial charge in [0.2, 0.25) is 17.7 Å². The van der Waals surface area contributed by atoms with E-state index in [1.807, 2.05) is 0 Å². The number of imidazole rings is 1. The van der Waals surface area contributed by atoms with E-state index >= 15 is 0 Å². The Hall–Kier alpha value is -4.11. The Morgan fingerprint density at radius 3 is 2.05 bits per heavy atom. The number of carboxylic acid groups (broad SMARTS) is 2. The number of amides is 3. The lowest BCUT2D eigenvalue weighted by Gasteiger charge is -2.24. The summed E-state index contributed by atoms with van der Waals surface area (Å²) >= 11 is 4.07. The SMILES string of the molecule is NC(CC(=O)O)C(=O)NC(Cc1ccc(O)cc1)C(=O)NC(CS)C(=O)NC(Cc1cnc[nH]1)C(=O)O. The average molecular weight is 537 g/mol. The number of hydrogen-bond donors (Lipinski definition) is 9. The molecule has 0 aliphatic rings. The number of nitrogens with zero attached hydrogens (tertiary/aromatic N) is 1. The molecule has 0 aliphatic carbocycles. The van der Waals surface area contributed by atoms with Gasteiger partial charge in [-0.1, -0.05) is 12.1 Å². The van der Waals surface area contributed by atoms with Crippen molar-refractivity contribution in [3.05, 3.63) is 48.0 Å². The minimum absolute atomic E-state index is 0.0211. The van der Waals surface area contributed by atoms with Gasteiger partial charge < -0.3 is 42.0 Å². The zero-order valence-electron chi connectivity index (χ0n) is 19.5. The number of phenolic OH excluding ortho intramolecular Hbond substituents is 1. The van der Waals surface area contributed by atoms with Crippen molar-refractivity contribution in [1.82, 2.24) is 25.9 Å². The first kappa shape index (κ1) is 29.1. The molecule has 4 atom stereocenters. The van der Waals surface area contributed by atoms with E-state index in [1.165, 1.54) is 36.8 Å². The van der Waals surface area contributed by atoms with Gasteiger partial charge in [0.25, 0.3) is 0 Å². The minimum atomic E-state index is -1.43. The summed E-state index contributed by atoms with van der Waals surface area (Å²) < 4.78 is 0. The van der Waals surface area contributed by atoms with Crippen LogP contribution in [0.3, 0.4) is 0 Å². The van der Waals surface area contributed by atoms with Crippen molar-refractivity contribution in [3.63, 3.8) is 0 Å². The molecule has 3 amide bonds. The summed E-state index contributed by atoms with van der Waals surface area (Å²) in [6, 6.07) is 0.446. The van der Waals surface area contributed by atoms with Crippen LogP contribution in [-0.2, 0) is 36.8 Å². The summed E-state index contributed by atoms with van der Waals surface area (Å²) in [5, 5.41) is 35.0. The van der Waals surface area contributed by atoms with Crippen molar-refractivity contribution < 1.29 is 39.3 Å². The molecule has 0 spiro atoms. The molecule has 0 aliphatic heterocycles. The van der Waals surface area contributed by atoms with E-state index in [-0.39, 0.29) is 24.3 Å². The standard InChI is InChI=1S/C22H28N6O8S/c23-14(7-18(30)31)19(32)26-15(5-11-1-3-13(29)4-2-11)20(33)28-17(9-37)21(34)27-16(22(35)36)6-12-8-24-10-25-12/h1-4,8,10,14-17,29,37H,5-7,9,23H2,(H,24,25)(H,26,32)(H,27,34)(H,28,33)(H,30,31)(H,35,36). The average Bonchev–Trinajstić information content (AvgIpc) is 3.35. The number of nitrogens with one attached hydrogen (secondary N) is 4. The molecule has 200 valence electrons. The van der Waals surface area contributed by atoms with Gasteiger partial charge in [0.15, 0.2) is 0 Å². The first-order chi connectivity index (χ1) is 17.5. The number of aromatic hydroxyl groups is 1. The first-order valence-corrected chi connectivity index (χ1v) is 11.6. The summed E-state index contributed by atoms with van der Waals surface area (Å²) in [6.45, 7) is 0. The smallest absolute Gasteiger partial charge is 0.326 e. The number of H-pyrrole nitrogens is 1. The van der Waals surface area contributed by atoms with Crippen molar-refractivity contribution in [2.45, 2.75) is 43.4 Å². The maximum absolute atomic E-state index is 13.1. The Balaban J connectivity index is 2.14. The van der Waals surface area contributed by atoms with Crippen molar-refractivity contribution >= 4 is 42.3 Å². The zero-order chi connectivity index (χ0) is 27.5. The summed E-state index contributed by atoms with van der Waals surface area (Å²) in [7, 11) is 0. The van der Waals surface area contributed by atoms with Gasteiger partial charge in [0.1, 0.15) is 23.9 Å². The number of nitrogens with two attached hydrogens (primary N) is 1. The summed E-state index contributed by atoms with van der Waals surface area (Å²) in [5.74, 6) is -5.39. The van der Waals surface area contributed by atoms with Crippen molar-refractivity contribution in [1.29, 1.82) is 0 Å². The number of phenols is 1. The summed E-state index contributed by atoms with van der Waals surface area (Å²) in [4.78, 5) is 67.3. The Kier molecular flexibility index (Phi) is 10.9. The summed E-state index contributed by atoms with van der Waals surface area (Å²) in [6.07, 6.45) is 1.92. The van der Waals surface area contributed by atoms with Crippen molar-refractivity contribution in [2.24, 2.45) is 5.73 Å². The monoisotopic (exact) mass is 536 g/mol. The third kappa shape index (κ3) is 9.46. The maximum atomic E-state index is 13.1. The van der Waals surface area contributed by atoms with Crippen molar-refractivity contribution in [3.8, 4) is 5.75 Å². The number of benzene rings is 1. The zero-order valence-corrected chi connectivity index (χ0v) is 20.4. The number of aromatic amines is 1. The van der Waals surface area contributed by atoms with E-state index in [9.17, 15) is 34.2 Å². The first-order valence-electron chi connectivity index (χ1n) is 11.0. The number of carbonyl (C=O) groups excluding carboxylic acids is 3. The lowest BCUT2D eigenvalue weighted by Crippen LogP contribution is -2.58. The second-order valence-electron chi connectivity index (χ2n) is 8.06. The quantitative estimate of drug-likeness (QED) is 0.122. The van der Waals surface area contributed by atoms with Gasteiger partial charge in [-0.25, -0.2) is 9.78 Å². The van der Waals surface area contributed by atoms with E-state index < -0.39 is 60.2 Å². The Morgan fingerprint density at radius 1 is 0.919 bits per heavy atom. The molecular formula is C22H28N6O8S. The molecule has 9 N–H and O–H groups in total. The molecule has 2 aromatic rings. The molecule has 4 unspecified atom stereocenters. The van der Waals surface area contributed by atoms with Gasteiger partial charge in [0, 0.05) is 30.5 Å². The van der Waals surface area contributed by atoms with Crippen molar-refractivity contribution in [2.75, 3.05) is 5.75 Å². The van der Waals surface area contributed by atoms with Gasteiger partial charge >= 0.3 is 11.9 Å². The molecular weight excluding hydrogens is 508 g/mol.